The molecule has 2 heterocycles. The van der Waals surface area contributed by atoms with Crippen molar-refractivity contribution in [3.05, 3.63) is 65.3 Å². The first-order chi connectivity index (χ1) is 15.4. The molecule has 7 nitrogen and oxygen atoms in total. The van der Waals surface area contributed by atoms with Gasteiger partial charge in [-0.25, -0.2) is 9.37 Å². The Bertz CT molecular complexity index is 1160. The highest BCUT2D eigenvalue weighted by Gasteiger charge is 2.36. The zero-order valence-corrected chi connectivity index (χ0v) is 18.1. The van der Waals surface area contributed by atoms with Gasteiger partial charge in [0.05, 0.1) is 17.3 Å². The summed E-state index contributed by atoms with van der Waals surface area (Å²) in [6, 6.07) is 13.7. The standard InChI is InChI=1S/C23H21FN4O3S/c1-14(29)25-11-15-6-8-16(9-7-15)19-13-32-23(26-19)27-22(31)17-10-21(30)28(12-17)20-5-3-2-4-18(20)24/h2-9,13,17H,10-12H2,1H3,(H,25,29)(H,26,27,31)/t17-/m1/s1. The first-order valence-corrected chi connectivity index (χ1v) is 10.9. The number of aromatic nitrogens is 1. The van der Waals surface area contributed by atoms with Gasteiger partial charge in [0.1, 0.15) is 5.82 Å². The van der Waals surface area contributed by atoms with Gasteiger partial charge in [-0.15, -0.1) is 11.3 Å². The van der Waals surface area contributed by atoms with E-state index in [9.17, 15) is 18.8 Å². The number of thiazole rings is 1. The van der Waals surface area contributed by atoms with Crippen LogP contribution in [0.25, 0.3) is 11.3 Å². The van der Waals surface area contributed by atoms with E-state index in [-0.39, 0.29) is 36.4 Å². The van der Waals surface area contributed by atoms with Crippen LogP contribution in [0.1, 0.15) is 18.9 Å². The van der Waals surface area contributed by atoms with Gasteiger partial charge in [0.25, 0.3) is 0 Å². The molecule has 4 rings (SSSR count). The van der Waals surface area contributed by atoms with Crippen molar-refractivity contribution in [2.24, 2.45) is 5.92 Å². The lowest BCUT2D eigenvalue weighted by atomic mass is 10.1. The number of hydrogen-bond acceptors (Lipinski definition) is 5. The summed E-state index contributed by atoms with van der Waals surface area (Å²) in [6.07, 6.45) is 0.0220. The highest BCUT2D eigenvalue weighted by atomic mass is 32.1. The van der Waals surface area contributed by atoms with E-state index in [4.69, 9.17) is 0 Å². The molecule has 32 heavy (non-hydrogen) atoms. The summed E-state index contributed by atoms with van der Waals surface area (Å²) in [4.78, 5) is 41.8. The van der Waals surface area contributed by atoms with Gasteiger partial charge in [0, 0.05) is 37.4 Å². The van der Waals surface area contributed by atoms with Crippen molar-refractivity contribution in [1.82, 2.24) is 10.3 Å². The summed E-state index contributed by atoms with van der Waals surface area (Å²) >= 11 is 1.29. The minimum atomic E-state index is -0.581. The number of carbonyl (C=O) groups is 3. The molecule has 1 aromatic heterocycles. The van der Waals surface area contributed by atoms with Crippen molar-refractivity contribution >= 4 is 39.9 Å². The largest absolute Gasteiger partial charge is 0.352 e. The summed E-state index contributed by atoms with van der Waals surface area (Å²) in [5.74, 6) is -1.76. The minimum absolute atomic E-state index is 0.0220. The Morgan fingerprint density at radius 1 is 1.19 bits per heavy atom. The van der Waals surface area contributed by atoms with E-state index in [0.29, 0.717) is 17.4 Å². The number of hydrogen-bond donors (Lipinski definition) is 2. The monoisotopic (exact) mass is 452 g/mol. The molecule has 3 amide bonds. The molecule has 0 aliphatic carbocycles. The first kappa shape index (κ1) is 21.6. The molecule has 1 saturated heterocycles. The SMILES string of the molecule is CC(=O)NCc1ccc(-c2csc(NC(=O)[C@@H]3CC(=O)N(c4ccccc4F)C3)n2)cc1. The van der Waals surface area contributed by atoms with E-state index in [2.05, 4.69) is 15.6 Å². The number of halogens is 1. The van der Waals surface area contributed by atoms with Gasteiger partial charge in [-0.05, 0) is 17.7 Å². The molecular weight excluding hydrogens is 431 g/mol. The van der Waals surface area contributed by atoms with E-state index < -0.39 is 11.7 Å². The van der Waals surface area contributed by atoms with Crippen LogP contribution < -0.4 is 15.5 Å². The summed E-state index contributed by atoms with van der Waals surface area (Å²) in [7, 11) is 0. The van der Waals surface area contributed by atoms with E-state index >= 15 is 0 Å². The van der Waals surface area contributed by atoms with Gasteiger partial charge >= 0.3 is 0 Å². The van der Waals surface area contributed by atoms with Gasteiger partial charge in [0.15, 0.2) is 5.13 Å². The molecule has 3 aromatic rings. The smallest absolute Gasteiger partial charge is 0.231 e. The molecule has 1 fully saturated rings. The number of rotatable bonds is 6. The molecule has 164 valence electrons. The Morgan fingerprint density at radius 2 is 1.94 bits per heavy atom. The quantitative estimate of drug-likeness (QED) is 0.598. The van der Waals surface area contributed by atoms with Crippen molar-refractivity contribution in [3.63, 3.8) is 0 Å². The maximum absolute atomic E-state index is 14.0. The lowest BCUT2D eigenvalue weighted by Crippen LogP contribution is -2.28. The van der Waals surface area contributed by atoms with Crippen molar-refractivity contribution in [3.8, 4) is 11.3 Å². The minimum Gasteiger partial charge on any atom is -0.352 e. The van der Waals surface area contributed by atoms with Gasteiger partial charge < -0.3 is 15.5 Å². The van der Waals surface area contributed by atoms with E-state index in [0.717, 1.165) is 11.1 Å². The van der Waals surface area contributed by atoms with Crippen molar-refractivity contribution < 1.29 is 18.8 Å². The zero-order chi connectivity index (χ0) is 22.7. The predicted molar refractivity (Wildman–Crippen MR) is 121 cm³/mol. The Hall–Kier alpha value is -3.59. The average molecular weight is 453 g/mol. The normalized spacial score (nSPS) is 15.6. The molecule has 1 aliphatic heterocycles. The average Bonchev–Trinajstić information content (AvgIpc) is 3.40. The Labute approximate surface area is 188 Å². The second-order valence-corrected chi connectivity index (χ2v) is 8.35. The van der Waals surface area contributed by atoms with Gasteiger partial charge in [-0.2, -0.15) is 0 Å². The van der Waals surface area contributed by atoms with E-state index in [1.165, 1.54) is 35.3 Å². The van der Waals surface area contributed by atoms with Crippen LogP contribution in [0.4, 0.5) is 15.2 Å². The van der Waals surface area contributed by atoms with Gasteiger partial charge in [-0.3, -0.25) is 14.4 Å². The first-order valence-electron chi connectivity index (χ1n) is 10.1. The molecule has 2 aromatic carbocycles. The van der Waals surface area contributed by atoms with Crippen molar-refractivity contribution in [2.45, 2.75) is 19.9 Å². The van der Waals surface area contributed by atoms with Crippen LogP contribution >= 0.6 is 11.3 Å². The fourth-order valence-electron chi connectivity index (χ4n) is 3.48. The molecule has 2 N–H and O–H groups in total. The van der Waals surface area contributed by atoms with Crippen molar-refractivity contribution in [2.75, 3.05) is 16.8 Å². The van der Waals surface area contributed by atoms with Crippen LogP contribution in [0.2, 0.25) is 0 Å². The van der Waals surface area contributed by atoms with E-state index in [1.807, 2.05) is 29.6 Å². The van der Waals surface area contributed by atoms with Crippen LogP contribution in [-0.4, -0.2) is 29.3 Å². The Balaban J connectivity index is 1.38. The Kier molecular flexibility index (Phi) is 6.27. The fraction of sp³-hybridized carbons (Fsp3) is 0.217. The number of amides is 3. The Morgan fingerprint density at radius 3 is 2.66 bits per heavy atom. The molecule has 0 saturated carbocycles. The number of nitrogens with one attached hydrogen (secondary N) is 2. The van der Waals surface area contributed by atoms with Crippen LogP contribution in [-0.2, 0) is 20.9 Å². The second kappa shape index (κ2) is 9.27. The van der Waals surface area contributed by atoms with Crippen molar-refractivity contribution in [1.29, 1.82) is 0 Å². The molecule has 9 heteroatoms. The predicted octanol–water partition coefficient (Wildman–Crippen LogP) is 3.58. The second-order valence-electron chi connectivity index (χ2n) is 7.49. The lowest BCUT2D eigenvalue weighted by Gasteiger charge is -2.17. The molecular formula is C23H21FN4O3S. The molecule has 0 bridgehead atoms. The fourth-order valence-corrected chi connectivity index (χ4v) is 4.20. The third kappa shape index (κ3) is 4.83. The van der Waals surface area contributed by atoms with Gasteiger partial charge in [0.2, 0.25) is 17.7 Å². The summed E-state index contributed by atoms with van der Waals surface area (Å²) < 4.78 is 14.0. The summed E-state index contributed by atoms with van der Waals surface area (Å²) in [5.41, 5.74) is 2.76. The number of carbonyl (C=O) groups excluding carboxylic acids is 3. The topological polar surface area (TPSA) is 91.4 Å². The molecule has 0 spiro atoms. The maximum atomic E-state index is 14.0. The number of para-hydroxylation sites is 1. The zero-order valence-electron chi connectivity index (χ0n) is 17.3. The lowest BCUT2D eigenvalue weighted by molar-refractivity contribution is -0.122. The maximum Gasteiger partial charge on any atom is 0.231 e. The highest BCUT2D eigenvalue weighted by Crippen LogP contribution is 2.29. The third-order valence-corrected chi connectivity index (χ3v) is 5.92. The highest BCUT2D eigenvalue weighted by molar-refractivity contribution is 7.14. The number of benzene rings is 2. The van der Waals surface area contributed by atoms with Crippen LogP contribution in [0.3, 0.4) is 0 Å². The number of nitrogens with zero attached hydrogens (tertiary/aromatic N) is 2. The van der Waals surface area contributed by atoms with E-state index in [1.54, 1.807) is 12.1 Å². The molecule has 1 aliphatic rings. The number of anilines is 2. The van der Waals surface area contributed by atoms with Crippen LogP contribution in [0.5, 0.6) is 0 Å². The molecule has 0 radical (unpaired) electrons. The summed E-state index contributed by atoms with van der Waals surface area (Å²) in [5, 5.41) is 7.79. The molecule has 0 unspecified atom stereocenters. The molecule has 1 atom stereocenters. The van der Waals surface area contributed by atoms with Gasteiger partial charge in [-0.1, -0.05) is 36.4 Å². The third-order valence-electron chi connectivity index (χ3n) is 5.16. The van der Waals surface area contributed by atoms with Crippen LogP contribution in [0.15, 0.2) is 53.9 Å². The van der Waals surface area contributed by atoms with Crippen LogP contribution in [0, 0.1) is 11.7 Å². The summed E-state index contributed by atoms with van der Waals surface area (Å²) in [6.45, 7) is 2.05.